The average Bonchev–Trinajstić information content (AvgIpc) is 2.82. The Morgan fingerprint density at radius 2 is 1.71 bits per heavy atom. The molecule has 0 aliphatic rings. The summed E-state index contributed by atoms with van der Waals surface area (Å²) in [4.78, 5) is 13.2. The lowest BCUT2D eigenvalue weighted by Crippen LogP contribution is -2.08. The fraction of sp³-hybridized carbons (Fsp3) is 0.160. The molecule has 31 heavy (non-hydrogen) atoms. The van der Waals surface area contributed by atoms with Crippen molar-refractivity contribution >= 4 is 11.0 Å². The minimum atomic E-state index is -0.341. The van der Waals surface area contributed by atoms with Crippen molar-refractivity contribution in [2.24, 2.45) is 0 Å². The highest BCUT2D eigenvalue weighted by Gasteiger charge is 2.16. The molecular weight excluding hydrogens is 396 g/mol. The van der Waals surface area contributed by atoms with Crippen LogP contribution in [-0.4, -0.2) is 17.3 Å². The van der Waals surface area contributed by atoms with Gasteiger partial charge in [-0.25, -0.2) is 0 Å². The molecule has 0 bridgehead atoms. The number of benzene rings is 3. The molecule has 3 aromatic carbocycles. The number of fused-ring (bicyclic) bond motifs is 1. The van der Waals surface area contributed by atoms with Gasteiger partial charge in [-0.15, -0.1) is 0 Å². The van der Waals surface area contributed by atoms with E-state index in [-0.39, 0.29) is 18.6 Å². The molecule has 0 spiro atoms. The number of aliphatic hydroxyl groups excluding tert-OH is 2. The van der Waals surface area contributed by atoms with Gasteiger partial charge in [0.2, 0.25) is 5.43 Å². The SMILES string of the molecule is COc1ccc(-c2coc3cc(CO)cc(CO)c3c2=O)cc1OCc1ccccc1. The molecule has 0 aliphatic heterocycles. The second-order valence-electron chi connectivity index (χ2n) is 7.06. The molecule has 2 N–H and O–H groups in total. The first-order chi connectivity index (χ1) is 15.1. The van der Waals surface area contributed by atoms with Crippen molar-refractivity contribution in [1.82, 2.24) is 0 Å². The van der Waals surface area contributed by atoms with Gasteiger partial charge in [-0.05, 0) is 40.5 Å². The lowest BCUT2D eigenvalue weighted by molar-refractivity contribution is 0.276. The van der Waals surface area contributed by atoms with Crippen molar-refractivity contribution in [3.8, 4) is 22.6 Å². The molecule has 1 heterocycles. The summed E-state index contributed by atoms with van der Waals surface area (Å²) in [6.07, 6.45) is 1.38. The summed E-state index contributed by atoms with van der Waals surface area (Å²) in [7, 11) is 1.56. The molecule has 0 fully saturated rings. The van der Waals surface area contributed by atoms with Gasteiger partial charge in [0, 0.05) is 0 Å². The van der Waals surface area contributed by atoms with Crippen LogP contribution in [0.5, 0.6) is 11.5 Å². The fourth-order valence-electron chi connectivity index (χ4n) is 3.51. The molecule has 0 unspecified atom stereocenters. The molecule has 158 valence electrons. The summed E-state index contributed by atoms with van der Waals surface area (Å²) in [6.45, 7) is -0.201. The number of ether oxygens (including phenoxy) is 2. The number of aliphatic hydroxyl groups is 2. The average molecular weight is 418 g/mol. The molecule has 0 amide bonds. The maximum absolute atomic E-state index is 13.2. The van der Waals surface area contributed by atoms with Crippen molar-refractivity contribution in [1.29, 1.82) is 0 Å². The topological polar surface area (TPSA) is 89.1 Å². The van der Waals surface area contributed by atoms with E-state index in [0.29, 0.717) is 51.3 Å². The van der Waals surface area contributed by atoms with E-state index in [1.54, 1.807) is 37.4 Å². The largest absolute Gasteiger partial charge is 0.493 e. The van der Waals surface area contributed by atoms with E-state index in [1.165, 1.54) is 6.26 Å². The van der Waals surface area contributed by atoms with Gasteiger partial charge >= 0.3 is 0 Å². The summed E-state index contributed by atoms with van der Waals surface area (Å²) in [5, 5.41) is 19.4. The number of rotatable bonds is 7. The van der Waals surface area contributed by atoms with Gasteiger partial charge < -0.3 is 24.1 Å². The van der Waals surface area contributed by atoms with Crippen LogP contribution < -0.4 is 14.9 Å². The molecule has 0 radical (unpaired) electrons. The Bertz CT molecular complexity index is 1260. The van der Waals surface area contributed by atoms with Crippen LogP contribution in [0.1, 0.15) is 16.7 Å². The van der Waals surface area contributed by atoms with Gasteiger partial charge in [-0.1, -0.05) is 42.5 Å². The first-order valence-corrected chi connectivity index (χ1v) is 9.78. The summed E-state index contributed by atoms with van der Waals surface area (Å²) in [5.74, 6) is 1.05. The summed E-state index contributed by atoms with van der Waals surface area (Å²) < 4.78 is 17.1. The van der Waals surface area contributed by atoms with Crippen LogP contribution >= 0.6 is 0 Å². The van der Waals surface area contributed by atoms with Gasteiger partial charge in [-0.3, -0.25) is 4.79 Å². The summed E-state index contributed by atoms with van der Waals surface area (Å²) >= 11 is 0. The molecule has 1 aromatic heterocycles. The van der Waals surface area contributed by atoms with E-state index < -0.39 is 0 Å². The molecular formula is C25H22O6. The van der Waals surface area contributed by atoms with Gasteiger partial charge in [0.05, 0.1) is 31.3 Å². The third kappa shape index (κ3) is 4.17. The first kappa shape index (κ1) is 20.7. The maximum atomic E-state index is 13.2. The smallest absolute Gasteiger partial charge is 0.200 e. The standard InChI is InChI=1S/C25H22O6/c1-29-21-8-7-18(11-22(21)30-14-16-5-3-2-4-6-16)20-15-31-23-10-17(12-26)9-19(13-27)24(23)25(20)28/h2-11,15,26-27H,12-14H2,1H3. The quantitative estimate of drug-likeness (QED) is 0.471. The van der Waals surface area contributed by atoms with Crippen molar-refractivity contribution in [3.63, 3.8) is 0 Å². The van der Waals surface area contributed by atoms with Gasteiger partial charge in [0.1, 0.15) is 18.5 Å². The first-order valence-electron chi connectivity index (χ1n) is 9.78. The van der Waals surface area contributed by atoms with Crippen LogP contribution in [0.4, 0.5) is 0 Å². The molecule has 6 nitrogen and oxygen atoms in total. The number of hydrogen-bond donors (Lipinski definition) is 2. The molecule has 4 aromatic rings. The lowest BCUT2D eigenvalue weighted by atomic mass is 10.0. The Morgan fingerprint density at radius 1 is 0.903 bits per heavy atom. The summed E-state index contributed by atoms with van der Waals surface area (Å²) in [5.41, 5.74) is 2.97. The zero-order chi connectivity index (χ0) is 21.8. The molecule has 6 heteroatoms. The zero-order valence-electron chi connectivity index (χ0n) is 17.0. The predicted octanol–water partition coefficient (Wildman–Crippen LogP) is 4.03. The van der Waals surface area contributed by atoms with Crippen LogP contribution in [0.15, 0.2) is 76.1 Å². The fourth-order valence-corrected chi connectivity index (χ4v) is 3.51. The minimum absolute atomic E-state index is 0.213. The van der Waals surface area contributed by atoms with E-state index in [2.05, 4.69) is 0 Å². The minimum Gasteiger partial charge on any atom is -0.493 e. The van der Waals surface area contributed by atoms with E-state index in [9.17, 15) is 15.0 Å². The lowest BCUT2D eigenvalue weighted by Gasteiger charge is -2.13. The highest BCUT2D eigenvalue weighted by Crippen LogP contribution is 2.33. The zero-order valence-corrected chi connectivity index (χ0v) is 17.0. The third-order valence-electron chi connectivity index (χ3n) is 5.08. The second-order valence-corrected chi connectivity index (χ2v) is 7.06. The van der Waals surface area contributed by atoms with Crippen molar-refractivity contribution in [3.05, 3.63) is 93.8 Å². The van der Waals surface area contributed by atoms with Gasteiger partial charge in [-0.2, -0.15) is 0 Å². The Labute approximate surface area is 178 Å². The maximum Gasteiger partial charge on any atom is 0.200 e. The molecule has 0 saturated heterocycles. The monoisotopic (exact) mass is 418 g/mol. The van der Waals surface area contributed by atoms with E-state index in [1.807, 2.05) is 30.3 Å². The van der Waals surface area contributed by atoms with Crippen LogP contribution in [0.2, 0.25) is 0 Å². The van der Waals surface area contributed by atoms with Gasteiger partial charge in [0.15, 0.2) is 11.5 Å². The van der Waals surface area contributed by atoms with E-state index in [4.69, 9.17) is 13.9 Å². The number of hydrogen-bond acceptors (Lipinski definition) is 6. The van der Waals surface area contributed by atoms with Crippen molar-refractivity contribution < 1.29 is 24.1 Å². The Balaban J connectivity index is 1.77. The molecule has 0 atom stereocenters. The van der Waals surface area contributed by atoms with Crippen LogP contribution in [0.3, 0.4) is 0 Å². The highest BCUT2D eigenvalue weighted by molar-refractivity contribution is 5.85. The Hall–Kier alpha value is -3.61. The molecule has 0 saturated carbocycles. The van der Waals surface area contributed by atoms with E-state index >= 15 is 0 Å². The Morgan fingerprint density at radius 3 is 2.42 bits per heavy atom. The molecule has 4 rings (SSSR count). The third-order valence-corrected chi connectivity index (χ3v) is 5.08. The highest BCUT2D eigenvalue weighted by atomic mass is 16.5. The second kappa shape index (κ2) is 9.04. The predicted molar refractivity (Wildman–Crippen MR) is 117 cm³/mol. The van der Waals surface area contributed by atoms with Crippen LogP contribution in [-0.2, 0) is 19.8 Å². The summed E-state index contributed by atoms with van der Waals surface area (Å²) in [6, 6.07) is 18.2. The van der Waals surface area contributed by atoms with Crippen molar-refractivity contribution in [2.75, 3.05) is 7.11 Å². The van der Waals surface area contributed by atoms with Crippen molar-refractivity contribution in [2.45, 2.75) is 19.8 Å². The van der Waals surface area contributed by atoms with Crippen LogP contribution in [0, 0.1) is 0 Å². The van der Waals surface area contributed by atoms with Crippen LogP contribution in [0.25, 0.3) is 22.1 Å². The molecule has 0 aliphatic carbocycles. The number of methoxy groups -OCH3 is 1. The van der Waals surface area contributed by atoms with Gasteiger partial charge in [0.25, 0.3) is 0 Å². The Kier molecular flexibility index (Phi) is 6.02. The normalized spacial score (nSPS) is 10.9. The van der Waals surface area contributed by atoms with E-state index in [0.717, 1.165) is 5.56 Å².